The molecule has 4 heterocycles. The number of aromatic nitrogens is 3. The van der Waals surface area contributed by atoms with Gasteiger partial charge in [-0.2, -0.15) is 0 Å². The number of pyridine rings is 3. The zero-order chi connectivity index (χ0) is 25.8. The first-order chi connectivity index (χ1) is 17.9. The fourth-order valence-electron chi connectivity index (χ4n) is 3.96. The summed E-state index contributed by atoms with van der Waals surface area (Å²) >= 11 is 0. The minimum absolute atomic E-state index is 0. The number of nitrogens with zero attached hydrogens (tertiary/aromatic N) is 3. The summed E-state index contributed by atoms with van der Waals surface area (Å²) < 4.78 is 6.03. The molecule has 0 spiro atoms. The third kappa shape index (κ3) is 5.77. The van der Waals surface area contributed by atoms with Crippen molar-refractivity contribution in [3.05, 3.63) is 126 Å². The van der Waals surface area contributed by atoms with Gasteiger partial charge in [0.05, 0.1) is 11.0 Å². The van der Waals surface area contributed by atoms with Crippen molar-refractivity contribution in [1.82, 2.24) is 15.0 Å². The molecule has 0 N–H and O–H groups in total. The molecule has 38 heavy (non-hydrogen) atoms. The molecular weight excluding hydrogens is 651 g/mol. The summed E-state index contributed by atoms with van der Waals surface area (Å²) in [6.07, 6.45) is 6.72. The van der Waals surface area contributed by atoms with E-state index in [1.807, 2.05) is 54.6 Å². The summed E-state index contributed by atoms with van der Waals surface area (Å²) in [5, 5.41) is 0.987. The number of hydrogen-bond donors (Lipinski definition) is 0. The van der Waals surface area contributed by atoms with Gasteiger partial charge in [-0.1, -0.05) is 44.5 Å². The van der Waals surface area contributed by atoms with Crippen LogP contribution in [0.2, 0.25) is 0 Å². The topological polar surface area (TPSA) is 68.9 Å². The Labute approximate surface area is 235 Å². The molecule has 6 heteroatoms. The van der Waals surface area contributed by atoms with Crippen molar-refractivity contribution in [1.29, 1.82) is 0 Å². The standard InChI is InChI=1S/C21H17N2O2.C11H8N.Ir/c1-21(2,3)13-7-10-23-17(11-13)14-5-4-6-15-19(24)16-12-22-9-8-18(16)25-20(14)15;1-2-6-10(7-3-1)11-8-4-5-9-12-11;/h4,6-12H,1-3H3;1-6,8-9H;/q2*-1;. The molecule has 0 aliphatic carbocycles. The average molecular weight is 676 g/mol. The van der Waals surface area contributed by atoms with E-state index in [0.29, 0.717) is 27.5 Å². The Kier molecular flexibility index (Phi) is 8.26. The molecular formula is C32H25IrN3O2-2. The molecule has 0 bridgehead atoms. The molecule has 6 aromatic rings. The summed E-state index contributed by atoms with van der Waals surface area (Å²) in [5.74, 6) is 0. The van der Waals surface area contributed by atoms with Crippen molar-refractivity contribution < 1.29 is 24.5 Å². The molecule has 0 saturated heterocycles. The Bertz CT molecular complexity index is 1690. The number of rotatable bonds is 2. The summed E-state index contributed by atoms with van der Waals surface area (Å²) in [5.41, 5.74) is 5.54. The summed E-state index contributed by atoms with van der Waals surface area (Å²) in [6, 6.07) is 29.2. The van der Waals surface area contributed by atoms with Crippen molar-refractivity contribution in [3.8, 4) is 22.5 Å². The Morgan fingerprint density at radius 1 is 0.789 bits per heavy atom. The summed E-state index contributed by atoms with van der Waals surface area (Å²) in [7, 11) is 0. The van der Waals surface area contributed by atoms with Gasteiger partial charge in [0.2, 0.25) is 0 Å². The van der Waals surface area contributed by atoms with Crippen LogP contribution in [0.15, 0.2) is 107 Å². The quantitative estimate of drug-likeness (QED) is 0.145. The van der Waals surface area contributed by atoms with Gasteiger partial charge in [0.15, 0.2) is 5.43 Å². The van der Waals surface area contributed by atoms with Crippen LogP contribution in [0.3, 0.4) is 0 Å². The second-order valence-electron chi connectivity index (χ2n) is 9.57. The Morgan fingerprint density at radius 3 is 2.34 bits per heavy atom. The van der Waals surface area contributed by atoms with E-state index >= 15 is 0 Å². The van der Waals surface area contributed by atoms with E-state index in [1.165, 1.54) is 6.20 Å². The number of hydrogen-bond acceptors (Lipinski definition) is 5. The van der Waals surface area contributed by atoms with E-state index in [1.54, 1.807) is 36.8 Å². The van der Waals surface area contributed by atoms with Crippen molar-refractivity contribution >= 4 is 21.9 Å². The molecule has 0 unspecified atom stereocenters. The maximum absolute atomic E-state index is 12.8. The average Bonchev–Trinajstić information content (AvgIpc) is 2.94. The number of fused-ring (bicyclic) bond motifs is 2. The second kappa shape index (κ2) is 11.6. The first-order valence-corrected chi connectivity index (χ1v) is 12.0. The molecule has 5 nitrogen and oxygen atoms in total. The molecule has 4 aromatic heterocycles. The first kappa shape index (κ1) is 27.1. The molecule has 191 valence electrons. The van der Waals surface area contributed by atoms with Gasteiger partial charge in [-0.25, -0.2) is 0 Å². The van der Waals surface area contributed by atoms with Gasteiger partial charge in [0.1, 0.15) is 5.58 Å². The largest absolute Gasteiger partial charge is 0.500 e. The number of benzene rings is 2. The predicted molar refractivity (Wildman–Crippen MR) is 147 cm³/mol. The van der Waals surface area contributed by atoms with Crippen molar-refractivity contribution in [2.75, 3.05) is 0 Å². The maximum atomic E-state index is 12.8. The van der Waals surface area contributed by atoms with Gasteiger partial charge >= 0.3 is 0 Å². The van der Waals surface area contributed by atoms with Gasteiger partial charge in [0.25, 0.3) is 0 Å². The van der Waals surface area contributed by atoms with Crippen LogP contribution in [0.5, 0.6) is 0 Å². The zero-order valence-electron chi connectivity index (χ0n) is 21.2. The van der Waals surface area contributed by atoms with Gasteiger partial charge in [-0.15, -0.1) is 54.1 Å². The fraction of sp³-hybridized carbons (Fsp3) is 0.125. The van der Waals surface area contributed by atoms with Crippen molar-refractivity contribution in [2.45, 2.75) is 26.2 Å². The maximum Gasteiger partial charge on any atom is 0.183 e. The minimum atomic E-state index is -0.0911. The monoisotopic (exact) mass is 676 g/mol. The first-order valence-electron chi connectivity index (χ1n) is 12.0. The molecule has 0 amide bonds. The van der Waals surface area contributed by atoms with E-state index in [4.69, 9.17) is 4.42 Å². The third-order valence-corrected chi connectivity index (χ3v) is 5.96. The van der Waals surface area contributed by atoms with E-state index in [0.717, 1.165) is 22.5 Å². The molecule has 0 aliphatic heterocycles. The molecule has 0 aliphatic rings. The molecule has 1 radical (unpaired) electrons. The van der Waals surface area contributed by atoms with Gasteiger partial charge in [-0.05, 0) is 46.0 Å². The Balaban J connectivity index is 0.000000218. The fourth-order valence-corrected chi connectivity index (χ4v) is 3.96. The van der Waals surface area contributed by atoms with Crippen molar-refractivity contribution in [3.63, 3.8) is 0 Å². The SMILES string of the molecule is CC(C)(C)c1ccnc(-c2[c-]ccc3c(=O)c4cnccc4oc23)c1.[Ir].[c-]1ccccc1-c1ccccn1. The van der Waals surface area contributed by atoms with E-state index in [-0.39, 0.29) is 30.9 Å². The minimum Gasteiger partial charge on any atom is -0.500 e. The van der Waals surface area contributed by atoms with Crippen LogP contribution in [0, 0.1) is 12.1 Å². The van der Waals surface area contributed by atoms with Gasteiger partial charge < -0.3 is 14.4 Å². The van der Waals surface area contributed by atoms with E-state index in [9.17, 15) is 4.79 Å². The molecule has 0 atom stereocenters. The predicted octanol–water partition coefficient (Wildman–Crippen LogP) is 7.05. The van der Waals surface area contributed by atoms with Crippen LogP contribution in [0.1, 0.15) is 26.3 Å². The third-order valence-electron chi connectivity index (χ3n) is 5.96. The smallest absolute Gasteiger partial charge is 0.183 e. The second-order valence-corrected chi connectivity index (χ2v) is 9.57. The van der Waals surface area contributed by atoms with Crippen LogP contribution >= 0.6 is 0 Å². The van der Waals surface area contributed by atoms with E-state index < -0.39 is 0 Å². The van der Waals surface area contributed by atoms with Crippen LogP contribution in [-0.4, -0.2) is 15.0 Å². The van der Waals surface area contributed by atoms with Crippen molar-refractivity contribution in [2.24, 2.45) is 0 Å². The van der Waals surface area contributed by atoms with Crippen LogP contribution < -0.4 is 5.43 Å². The van der Waals surface area contributed by atoms with Gasteiger partial charge in [0, 0.05) is 44.9 Å². The Morgan fingerprint density at radius 2 is 1.61 bits per heavy atom. The normalized spacial score (nSPS) is 10.9. The van der Waals surface area contributed by atoms with Crippen LogP contribution in [0.4, 0.5) is 0 Å². The molecule has 6 rings (SSSR count). The summed E-state index contributed by atoms with van der Waals surface area (Å²) in [4.78, 5) is 25.5. The molecule has 0 fully saturated rings. The summed E-state index contributed by atoms with van der Waals surface area (Å²) in [6.45, 7) is 6.46. The Hall–Kier alpha value is -3.99. The van der Waals surface area contributed by atoms with Crippen LogP contribution in [0.25, 0.3) is 44.5 Å². The van der Waals surface area contributed by atoms with E-state index in [2.05, 4.69) is 47.9 Å². The van der Waals surface area contributed by atoms with Gasteiger partial charge in [-0.3, -0.25) is 9.78 Å². The zero-order valence-corrected chi connectivity index (χ0v) is 23.6. The molecule has 2 aromatic carbocycles. The molecule has 0 saturated carbocycles. The van der Waals surface area contributed by atoms with Crippen LogP contribution in [-0.2, 0) is 25.5 Å².